The molecule has 4 aromatic carbocycles. The van der Waals surface area contributed by atoms with Crippen molar-refractivity contribution in [2.45, 2.75) is 56.3 Å². The fourth-order valence-corrected chi connectivity index (χ4v) is 7.87. The number of para-hydroxylation sites is 2. The van der Waals surface area contributed by atoms with Crippen molar-refractivity contribution in [1.82, 2.24) is 10.2 Å². The highest BCUT2D eigenvalue weighted by atomic mass is 15.1. The molecule has 42 heavy (non-hydrogen) atoms. The Balaban J connectivity index is 0.000000150. The SMILES string of the molecule is CN(C)CCCN1c2ccccc2CCc2ccccc21.CNCCCC12CCC(c3ccccc31)c1ccccc12. The monoisotopic (exact) mass is 557 g/mol. The van der Waals surface area contributed by atoms with E-state index in [1.54, 1.807) is 22.3 Å². The topological polar surface area (TPSA) is 18.5 Å². The molecule has 0 saturated heterocycles. The Morgan fingerprint density at radius 3 is 1.86 bits per heavy atom. The molecular formula is C39H47N3. The second-order valence-corrected chi connectivity index (χ2v) is 12.6. The first-order chi connectivity index (χ1) is 20.6. The number of rotatable bonds is 8. The Morgan fingerprint density at radius 1 is 0.738 bits per heavy atom. The standard InChI is InChI=1S/C20H23N.C19H24N2/c1-21-14-6-12-20-13-11-15(16-7-2-4-9-18(16)20)17-8-3-5-10-19(17)20;1-20(2)14-7-15-21-18-10-5-3-8-16(18)12-13-17-9-4-6-11-19(17)21/h2-5,7-10,15,21H,6,11-14H2,1H3;3-6,8-11H,7,12-15H2,1-2H3. The molecule has 0 spiro atoms. The third-order valence-corrected chi connectivity index (χ3v) is 9.81. The Bertz CT molecular complexity index is 1390. The molecule has 0 unspecified atom stereocenters. The van der Waals surface area contributed by atoms with Gasteiger partial charge in [-0.2, -0.15) is 0 Å². The Morgan fingerprint density at radius 2 is 1.29 bits per heavy atom. The van der Waals surface area contributed by atoms with Crippen LogP contribution in [-0.4, -0.2) is 45.7 Å². The van der Waals surface area contributed by atoms with Gasteiger partial charge in [0.2, 0.25) is 0 Å². The van der Waals surface area contributed by atoms with E-state index < -0.39 is 0 Å². The highest BCUT2D eigenvalue weighted by molar-refractivity contribution is 5.71. The summed E-state index contributed by atoms with van der Waals surface area (Å²) >= 11 is 0. The number of nitrogens with zero attached hydrogens (tertiary/aromatic N) is 2. The molecule has 0 radical (unpaired) electrons. The van der Waals surface area contributed by atoms with Crippen molar-refractivity contribution < 1.29 is 0 Å². The van der Waals surface area contributed by atoms with Crippen LogP contribution in [0.15, 0.2) is 97.1 Å². The Hall–Kier alpha value is -3.40. The first-order valence-electron chi connectivity index (χ1n) is 16.0. The third-order valence-electron chi connectivity index (χ3n) is 9.81. The minimum atomic E-state index is 0.263. The van der Waals surface area contributed by atoms with Gasteiger partial charge in [0.05, 0.1) is 0 Å². The number of anilines is 2. The van der Waals surface area contributed by atoms with Gasteiger partial charge in [-0.15, -0.1) is 0 Å². The van der Waals surface area contributed by atoms with Gasteiger partial charge in [-0.3, -0.25) is 0 Å². The molecule has 0 atom stereocenters. The summed E-state index contributed by atoms with van der Waals surface area (Å²) in [5.41, 5.74) is 12.4. The number of hydrogen-bond donors (Lipinski definition) is 1. The summed E-state index contributed by atoms with van der Waals surface area (Å²) in [4.78, 5) is 4.77. The van der Waals surface area contributed by atoms with Crippen LogP contribution in [0.3, 0.4) is 0 Å². The molecule has 3 nitrogen and oxygen atoms in total. The summed E-state index contributed by atoms with van der Waals surface area (Å²) in [5.74, 6) is 0.628. The molecule has 1 heterocycles. The normalized spacial score (nSPS) is 19.6. The van der Waals surface area contributed by atoms with Gasteiger partial charge in [0.25, 0.3) is 0 Å². The van der Waals surface area contributed by atoms with Crippen LogP contribution in [0.4, 0.5) is 11.4 Å². The molecule has 3 heteroatoms. The van der Waals surface area contributed by atoms with E-state index in [9.17, 15) is 0 Å². The van der Waals surface area contributed by atoms with Crippen molar-refractivity contribution in [2.75, 3.05) is 45.7 Å². The number of benzene rings is 4. The first kappa shape index (κ1) is 28.7. The summed E-state index contributed by atoms with van der Waals surface area (Å²) in [6.45, 7) is 3.31. The molecule has 1 aliphatic heterocycles. The smallest absolute Gasteiger partial charge is 0.0443 e. The molecule has 0 amide bonds. The maximum Gasteiger partial charge on any atom is 0.0443 e. The van der Waals surface area contributed by atoms with E-state index >= 15 is 0 Å². The number of nitrogens with one attached hydrogen (secondary N) is 1. The lowest BCUT2D eigenvalue weighted by Crippen LogP contribution is -2.40. The lowest BCUT2D eigenvalue weighted by molar-refractivity contribution is 0.341. The molecule has 3 aliphatic carbocycles. The summed E-state index contributed by atoms with van der Waals surface area (Å²) in [6, 6.07) is 36.1. The van der Waals surface area contributed by atoms with Crippen molar-refractivity contribution >= 4 is 11.4 Å². The summed E-state index contributed by atoms with van der Waals surface area (Å²) < 4.78 is 0. The third kappa shape index (κ3) is 5.53. The number of fused-ring (bicyclic) bond motifs is 3. The highest BCUT2D eigenvalue weighted by Gasteiger charge is 2.47. The van der Waals surface area contributed by atoms with Crippen molar-refractivity contribution in [3.63, 3.8) is 0 Å². The molecule has 4 aromatic rings. The first-order valence-corrected chi connectivity index (χ1v) is 16.0. The molecular weight excluding hydrogens is 510 g/mol. The fourth-order valence-electron chi connectivity index (χ4n) is 7.87. The largest absolute Gasteiger partial charge is 0.341 e. The van der Waals surface area contributed by atoms with Gasteiger partial charge >= 0.3 is 0 Å². The molecule has 0 saturated carbocycles. The summed E-state index contributed by atoms with van der Waals surface area (Å²) in [7, 11) is 6.34. The van der Waals surface area contributed by atoms with E-state index in [4.69, 9.17) is 0 Å². The maximum atomic E-state index is 3.31. The molecule has 218 valence electrons. The van der Waals surface area contributed by atoms with E-state index in [2.05, 4.69) is 133 Å². The Labute approximate surface area is 253 Å². The lowest BCUT2D eigenvalue weighted by Gasteiger charge is -2.50. The van der Waals surface area contributed by atoms with E-state index in [-0.39, 0.29) is 5.41 Å². The molecule has 8 rings (SSSR count). The lowest BCUT2D eigenvalue weighted by atomic mass is 9.54. The average Bonchev–Trinajstić information content (AvgIpc) is 3.19. The minimum Gasteiger partial charge on any atom is -0.341 e. The molecule has 0 aromatic heterocycles. The van der Waals surface area contributed by atoms with Crippen molar-refractivity contribution in [3.05, 3.63) is 130 Å². The van der Waals surface area contributed by atoms with E-state index in [0.29, 0.717) is 5.92 Å². The summed E-state index contributed by atoms with van der Waals surface area (Å²) in [5, 5.41) is 3.31. The second-order valence-electron chi connectivity index (χ2n) is 12.6. The van der Waals surface area contributed by atoms with Crippen LogP contribution in [-0.2, 0) is 18.3 Å². The van der Waals surface area contributed by atoms with Crippen LogP contribution >= 0.6 is 0 Å². The second kappa shape index (κ2) is 12.9. The zero-order valence-electron chi connectivity index (χ0n) is 25.8. The number of aryl methyl sites for hydroxylation is 2. The highest BCUT2D eigenvalue weighted by Crippen LogP contribution is 2.57. The van der Waals surface area contributed by atoms with Gasteiger partial charge in [-0.25, -0.2) is 0 Å². The molecule has 2 bridgehead atoms. The van der Waals surface area contributed by atoms with Gasteiger partial charge in [-0.05, 0) is 125 Å². The van der Waals surface area contributed by atoms with Crippen LogP contribution in [0, 0.1) is 0 Å². The maximum absolute atomic E-state index is 3.31. The van der Waals surface area contributed by atoms with Gasteiger partial charge < -0.3 is 15.1 Å². The zero-order chi connectivity index (χ0) is 28.9. The average molecular weight is 558 g/mol. The predicted octanol–water partition coefficient (Wildman–Crippen LogP) is 8.09. The van der Waals surface area contributed by atoms with Crippen LogP contribution in [0.1, 0.15) is 71.4 Å². The van der Waals surface area contributed by atoms with E-state index in [0.717, 1.165) is 32.5 Å². The van der Waals surface area contributed by atoms with Crippen LogP contribution in [0.2, 0.25) is 0 Å². The van der Waals surface area contributed by atoms with Gasteiger partial charge in [-0.1, -0.05) is 84.9 Å². The van der Waals surface area contributed by atoms with Crippen LogP contribution < -0.4 is 10.2 Å². The molecule has 0 fully saturated rings. The predicted molar refractivity (Wildman–Crippen MR) is 178 cm³/mol. The van der Waals surface area contributed by atoms with Crippen LogP contribution in [0.5, 0.6) is 0 Å². The van der Waals surface area contributed by atoms with E-state index in [1.807, 2.05) is 0 Å². The van der Waals surface area contributed by atoms with Crippen LogP contribution in [0.25, 0.3) is 0 Å². The molecule has 1 N–H and O–H groups in total. The van der Waals surface area contributed by atoms with Crippen molar-refractivity contribution in [1.29, 1.82) is 0 Å². The zero-order valence-corrected chi connectivity index (χ0v) is 25.8. The van der Waals surface area contributed by atoms with Crippen molar-refractivity contribution in [3.8, 4) is 0 Å². The number of hydrogen-bond acceptors (Lipinski definition) is 3. The van der Waals surface area contributed by atoms with Gasteiger partial charge in [0.1, 0.15) is 0 Å². The Kier molecular flexibility index (Phi) is 8.79. The quantitative estimate of drug-likeness (QED) is 0.221. The van der Waals surface area contributed by atoms with Gasteiger partial charge in [0.15, 0.2) is 0 Å². The van der Waals surface area contributed by atoms with Crippen molar-refractivity contribution in [2.24, 2.45) is 0 Å². The fraction of sp³-hybridized carbons (Fsp3) is 0.385. The van der Waals surface area contributed by atoms with E-state index in [1.165, 1.54) is 54.6 Å². The summed E-state index contributed by atoms with van der Waals surface area (Å²) in [6.07, 6.45) is 8.58. The minimum absolute atomic E-state index is 0.263. The van der Waals surface area contributed by atoms with Gasteiger partial charge in [0, 0.05) is 29.3 Å². The molecule has 4 aliphatic rings.